The number of halogens is 1. The third kappa shape index (κ3) is 2.49. The Morgan fingerprint density at radius 1 is 1.05 bits per heavy atom. The molecule has 3 aromatic rings. The Balaban J connectivity index is 1.84. The summed E-state index contributed by atoms with van der Waals surface area (Å²) in [4.78, 5) is 0. The van der Waals surface area contributed by atoms with E-state index in [9.17, 15) is 4.39 Å². The highest BCUT2D eigenvalue weighted by Crippen LogP contribution is 2.19. The summed E-state index contributed by atoms with van der Waals surface area (Å²) >= 11 is 0. The molecule has 5 nitrogen and oxygen atoms in total. The standard InChI is InChI=1S/C14H12FN5/c15-12-6-2-1-5-11(12)9-16-13-7-3-4-8-14(13)20-10-17-18-19-20/h1-8,10,16H,9H2. The molecule has 1 N–H and O–H groups in total. The first-order valence-electron chi connectivity index (χ1n) is 6.14. The number of hydrogen-bond donors (Lipinski definition) is 1. The number of hydrogen-bond acceptors (Lipinski definition) is 4. The maximum absolute atomic E-state index is 13.6. The van der Waals surface area contributed by atoms with Gasteiger partial charge in [0.15, 0.2) is 0 Å². The Kier molecular flexibility index (Phi) is 3.36. The van der Waals surface area contributed by atoms with Crippen molar-refractivity contribution in [1.82, 2.24) is 20.2 Å². The largest absolute Gasteiger partial charge is 0.379 e. The Labute approximate surface area is 115 Å². The monoisotopic (exact) mass is 269 g/mol. The van der Waals surface area contributed by atoms with Gasteiger partial charge in [0.25, 0.3) is 0 Å². The van der Waals surface area contributed by atoms with E-state index in [4.69, 9.17) is 0 Å². The van der Waals surface area contributed by atoms with Gasteiger partial charge in [-0.2, -0.15) is 4.68 Å². The second-order valence-corrected chi connectivity index (χ2v) is 4.22. The normalized spacial score (nSPS) is 10.4. The van der Waals surface area contributed by atoms with Crippen molar-refractivity contribution in [3.05, 3.63) is 66.2 Å². The van der Waals surface area contributed by atoms with Gasteiger partial charge in [-0.05, 0) is 28.6 Å². The molecule has 3 rings (SSSR count). The maximum Gasteiger partial charge on any atom is 0.143 e. The smallest absolute Gasteiger partial charge is 0.143 e. The molecule has 2 aromatic carbocycles. The molecule has 0 aliphatic carbocycles. The van der Waals surface area contributed by atoms with Crippen LogP contribution in [-0.2, 0) is 6.54 Å². The van der Waals surface area contributed by atoms with Crippen LogP contribution in [0.25, 0.3) is 5.69 Å². The Morgan fingerprint density at radius 2 is 1.85 bits per heavy atom. The number of nitrogens with zero attached hydrogens (tertiary/aromatic N) is 4. The lowest BCUT2D eigenvalue weighted by Gasteiger charge is -2.11. The lowest BCUT2D eigenvalue weighted by atomic mass is 10.2. The van der Waals surface area contributed by atoms with Crippen LogP contribution in [0.15, 0.2) is 54.9 Å². The van der Waals surface area contributed by atoms with Crippen molar-refractivity contribution in [2.45, 2.75) is 6.54 Å². The first-order chi connectivity index (χ1) is 9.84. The van der Waals surface area contributed by atoms with Gasteiger partial charge in [-0.15, -0.1) is 5.10 Å². The molecule has 1 aromatic heterocycles. The number of rotatable bonds is 4. The van der Waals surface area contributed by atoms with Gasteiger partial charge >= 0.3 is 0 Å². The van der Waals surface area contributed by atoms with E-state index in [2.05, 4.69) is 20.8 Å². The van der Waals surface area contributed by atoms with Crippen LogP contribution in [0.1, 0.15) is 5.56 Å². The lowest BCUT2D eigenvalue weighted by Crippen LogP contribution is -2.06. The van der Waals surface area contributed by atoms with Gasteiger partial charge in [0.2, 0.25) is 0 Å². The molecule has 100 valence electrons. The van der Waals surface area contributed by atoms with Crippen LogP contribution in [0.2, 0.25) is 0 Å². The van der Waals surface area contributed by atoms with Gasteiger partial charge in [0.1, 0.15) is 12.1 Å². The highest BCUT2D eigenvalue weighted by atomic mass is 19.1. The van der Waals surface area contributed by atoms with E-state index < -0.39 is 0 Å². The van der Waals surface area contributed by atoms with Crippen LogP contribution in [-0.4, -0.2) is 20.2 Å². The van der Waals surface area contributed by atoms with Crippen molar-refractivity contribution < 1.29 is 4.39 Å². The fourth-order valence-corrected chi connectivity index (χ4v) is 1.93. The molecule has 0 aliphatic rings. The van der Waals surface area contributed by atoms with Crippen molar-refractivity contribution in [2.75, 3.05) is 5.32 Å². The van der Waals surface area contributed by atoms with E-state index in [1.807, 2.05) is 30.3 Å². The number of tetrazole rings is 1. The van der Waals surface area contributed by atoms with Crippen molar-refractivity contribution in [3.63, 3.8) is 0 Å². The van der Waals surface area contributed by atoms with Gasteiger partial charge in [-0.3, -0.25) is 0 Å². The van der Waals surface area contributed by atoms with E-state index in [-0.39, 0.29) is 5.82 Å². The van der Waals surface area contributed by atoms with Crippen LogP contribution in [0.3, 0.4) is 0 Å². The molecule has 0 bridgehead atoms. The molecule has 0 spiro atoms. The second kappa shape index (κ2) is 5.48. The topological polar surface area (TPSA) is 55.6 Å². The number of nitrogens with one attached hydrogen (secondary N) is 1. The molecule has 0 atom stereocenters. The highest BCUT2D eigenvalue weighted by molar-refractivity contribution is 5.60. The van der Waals surface area contributed by atoms with Crippen molar-refractivity contribution >= 4 is 5.69 Å². The number of benzene rings is 2. The van der Waals surface area contributed by atoms with Gasteiger partial charge < -0.3 is 5.32 Å². The zero-order valence-electron chi connectivity index (χ0n) is 10.6. The van der Waals surface area contributed by atoms with Gasteiger partial charge in [0.05, 0.1) is 11.4 Å². The summed E-state index contributed by atoms with van der Waals surface area (Å²) in [6.07, 6.45) is 1.52. The summed E-state index contributed by atoms with van der Waals surface area (Å²) in [6.45, 7) is 0.395. The fraction of sp³-hybridized carbons (Fsp3) is 0.0714. The Morgan fingerprint density at radius 3 is 2.65 bits per heavy atom. The number of para-hydroxylation sites is 2. The zero-order valence-corrected chi connectivity index (χ0v) is 10.6. The zero-order chi connectivity index (χ0) is 13.8. The molecule has 20 heavy (non-hydrogen) atoms. The quantitative estimate of drug-likeness (QED) is 0.790. The van der Waals surface area contributed by atoms with Crippen LogP contribution >= 0.6 is 0 Å². The summed E-state index contributed by atoms with van der Waals surface area (Å²) in [7, 11) is 0. The van der Waals surface area contributed by atoms with Crippen molar-refractivity contribution in [1.29, 1.82) is 0 Å². The molecule has 0 unspecified atom stereocenters. The molecule has 0 aliphatic heterocycles. The van der Waals surface area contributed by atoms with Crippen LogP contribution < -0.4 is 5.32 Å². The lowest BCUT2D eigenvalue weighted by molar-refractivity contribution is 0.613. The molecule has 0 saturated heterocycles. The van der Waals surface area contributed by atoms with Crippen molar-refractivity contribution in [3.8, 4) is 5.69 Å². The molecule has 0 saturated carbocycles. The van der Waals surface area contributed by atoms with Crippen LogP contribution in [0.5, 0.6) is 0 Å². The van der Waals surface area contributed by atoms with Gasteiger partial charge in [-0.25, -0.2) is 4.39 Å². The van der Waals surface area contributed by atoms with Crippen molar-refractivity contribution in [2.24, 2.45) is 0 Å². The molecular weight excluding hydrogens is 257 g/mol. The summed E-state index contributed by atoms with van der Waals surface area (Å²) in [5.41, 5.74) is 2.26. The van der Waals surface area contributed by atoms with Crippen LogP contribution in [0.4, 0.5) is 10.1 Å². The molecule has 0 radical (unpaired) electrons. The highest BCUT2D eigenvalue weighted by Gasteiger charge is 2.06. The minimum Gasteiger partial charge on any atom is -0.379 e. The molecule has 0 amide bonds. The third-order valence-electron chi connectivity index (χ3n) is 2.93. The average Bonchev–Trinajstić information content (AvgIpc) is 3.01. The first kappa shape index (κ1) is 12.3. The molecule has 0 fully saturated rings. The first-order valence-corrected chi connectivity index (χ1v) is 6.14. The average molecular weight is 269 g/mol. The minimum absolute atomic E-state index is 0.222. The second-order valence-electron chi connectivity index (χ2n) is 4.22. The van der Waals surface area contributed by atoms with E-state index >= 15 is 0 Å². The van der Waals surface area contributed by atoms with E-state index in [1.165, 1.54) is 12.4 Å². The van der Waals surface area contributed by atoms with E-state index in [0.29, 0.717) is 12.1 Å². The minimum atomic E-state index is -0.222. The van der Waals surface area contributed by atoms with Gasteiger partial charge in [0, 0.05) is 12.1 Å². The third-order valence-corrected chi connectivity index (χ3v) is 2.93. The summed E-state index contributed by atoms with van der Waals surface area (Å²) in [5, 5.41) is 14.3. The molecular formula is C14H12FN5. The fourth-order valence-electron chi connectivity index (χ4n) is 1.93. The number of anilines is 1. The predicted molar refractivity (Wildman–Crippen MR) is 72.9 cm³/mol. The molecule has 6 heteroatoms. The van der Waals surface area contributed by atoms with E-state index in [1.54, 1.807) is 16.8 Å². The van der Waals surface area contributed by atoms with Crippen LogP contribution in [0, 0.1) is 5.82 Å². The Hall–Kier alpha value is -2.76. The SMILES string of the molecule is Fc1ccccc1CNc1ccccc1-n1cnnn1. The summed E-state index contributed by atoms with van der Waals surface area (Å²) in [6, 6.07) is 14.3. The Bertz CT molecular complexity index is 696. The van der Waals surface area contributed by atoms with E-state index in [0.717, 1.165) is 11.4 Å². The summed E-state index contributed by atoms with van der Waals surface area (Å²) < 4.78 is 15.1. The number of aromatic nitrogens is 4. The maximum atomic E-state index is 13.6. The van der Waals surface area contributed by atoms with Gasteiger partial charge in [-0.1, -0.05) is 30.3 Å². The summed E-state index contributed by atoms with van der Waals surface area (Å²) in [5.74, 6) is -0.222. The molecule has 1 heterocycles. The predicted octanol–water partition coefficient (Wildman–Crippen LogP) is 2.41.